The van der Waals surface area contributed by atoms with Crippen molar-refractivity contribution in [3.63, 3.8) is 0 Å². The van der Waals surface area contributed by atoms with Crippen molar-refractivity contribution in [2.45, 2.75) is 32.2 Å². The van der Waals surface area contributed by atoms with Gasteiger partial charge >= 0.3 is 6.18 Å². The van der Waals surface area contributed by atoms with Crippen LogP contribution in [0.25, 0.3) is 15.9 Å². The second kappa shape index (κ2) is 6.14. The van der Waals surface area contributed by atoms with E-state index < -0.39 is 24.2 Å². The number of carbonyl (C=O) groups excluding carboxylic acids is 1. The second-order valence-electron chi connectivity index (χ2n) is 6.61. The van der Waals surface area contributed by atoms with E-state index in [4.69, 9.17) is 0 Å². The summed E-state index contributed by atoms with van der Waals surface area (Å²) in [6.45, 7) is 3.10. The minimum atomic E-state index is -5.03. The van der Waals surface area contributed by atoms with E-state index in [2.05, 4.69) is 10.2 Å². The summed E-state index contributed by atoms with van der Waals surface area (Å²) in [5.74, 6) is -1.00. The molecule has 0 fully saturated rings. The molecule has 1 atom stereocenters. The zero-order chi connectivity index (χ0) is 20.3. The van der Waals surface area contributed by atoms with Gasteiger partial charge in [0.25, 0.3) is 11.6 Å². The van der Waals surface area contributed by atoms with Crippen molar-refractivity contribution in [1.29, 1.82) is 0 Å². The molecular weight excluding hydrogens is 393 g/mol. The molecule has 1 aliphatic heterocycles. The van der Waals surface area contributed by atoms with Crippen molar-refractivity contribution in [3.05, 3.63) is 47.0 Å². The van der Waals surface area contributed by atoms with E-state index in [0.717, 1.165) is 17.0 Å². The molecule has 146 valence electrons. The third kappa shape index (κ3) is 2.71. The van der Waals surface area contributed by atoms with Gasteiger partial charge in [-0.05, 0) is 32.0 Å². The van der Waals surface area contributed by atoms with Crippen LogP contribution >= 0.6 is 11.3 Å². The molecule has 0 aliphatic carbocycles. The van der Waals surface area contributed by atoms with Crippen molar-refractivity contribution >= 4 is 33.2 Å². The molecule has 3 aromatic rings. The predicted molar refractivity (Wildman–Crippen MR) is 98.6 cm³/mol. The number of para-hydroxylation sites is 1. The molecule has 0 saturated carbocycles. The van der Waals surface area contributed by atoms with Gasteiger partial charge in [-0.15, -0.1) is 11.3 Å². The summed E-state index contributed by atoms with van der Waals surface area (Å²) in [7, 11) is 0. The number of halogens is 3. The summed E-state index contributed by atoms with van der Waals surface area (Å²) in [6, 6.07) is 10.7. The number of carbonyl (C=O) groups is 1. The number of nitrogens with zero attached hydrogens (tertiary/aromatic N) is 4. The minimum Gasteiger partial charge on any atom is -0.362 e. The Morgan fingerprint density at radius 2 is 1.93 bits per heavy atom. The largest absolute Gasteiger partial charge is 0.438 e. The number of benzene rings is 1. The number of hydrogen-bond acceptors (Lipinski definition) is 5. The molecule has 2 aromatic heterocycles. The Bertz CT molecular complexity index is 1100. The van der Waals surface area contributed by atoms with Gasteiger partial charge in [0.2, 0.25) is 0 Å². The number of fused-ring (bicyclic) bond motifs is 1. The maximum Gasteiger partial charge on any atom is 0.438 e. The van der Waals surface area contributed by atoms with E-state index in [9.17, 15) is 23.1 Å². The summed E-state index contributed by atoms with van der Waals surface area (Å²) in [5, 5.41) is 19.1. The van der Waals surface area contributed by atoms with Gasteiger partial charge in [0.1, 0.15) is 4.83 Å². The van der Waals surface area contributed by atoms with Crippen molar-refractivity contribution in [1.82, 2.24) is 14.8 Å². The number of alkyl halides is 3. The molecule has 0 radical (unpaired) electrons. The Balaban J connectivity index is 1.79. The maximum atomic E-state index is 13.4. The van der Waals surface area contributed by atoms with Gasteiger partial charge in [0.05, 0.1) is 16.3 Å². The molecule has 1 N–H and O–H groups in total. The first-order valence-corrected chi connectivity index (χ1v) is 9.16. The normalized spacial score (nSPS) is 20.1. The molecule has 0 saturated heterocycles. The third-order valence-electron chi connectivity index (χ3n) is 4.53. The number of rotatable bonds is 2. The van der Waals surface area contributed by atoms with Crippen LogP contribution in [0.3, 0.4) is 0 Å². The predicted octanol–water partition coefficient (Wildman–Crippen LogP) is 3.87. The van der Waals surface area contributed by atoms with E-state index in [0.29, 0.717) is 15.9 Å². The highest BCUT2D eigenvalue weighted by Crippen LogP contribution is 2.42. The fourth-order valence-corrected chi connectivity index (χ4v) is 4.26. The Hall–Kier alpha value is -2.72. The first-order valence-electron chi connectivity index (χ1n) is 8.34. The van der Waals surface area contributed by atoms with Gasteiger partial charge < -0.3 is 5.11 Å². The first kappa shape index (κ1) is 18.6. The molecule has 0 unspecified atom stereocenters. The van der Waals surface area contributed by atoms with E-state index in [1.54, 1.807) is 11.6 Å². The van der Waals surface area contributed by atoms with E-state index in [-0.39, 0.29) is 15.6 Å². The summed E-state index contributed by atoms with van der Waals surface area (Å²) in [4.78, 5) is 13.5. The lowest BCUT2D eigenvalue weighted by molar-refractivity contribution is -0.297. The Kier molecular flexibility index (Phi) is 4.09. The van der Waals surface area contributed by atoms with Crippen LogP contribution in [0.4, 0.5) is 13.2 Å². The zero-order valence-electron chi connectivity index (χ0n) is 14.9. The summed E-state index contributed by atoms with van der Waals surface area (Å²) >= 11 is 1.01. The highest BCUT2D eigenvalue weighted by atomic mass is 32.1. The number of hydrogen-bond donors (Lipinski definition) is 1. The van der Waals surface area contributed by atoms with Gasteiger partial charge in [0, 0.05) is 17.5 Å². The van der Waals surface area contributed by atoms with E-state index in [1.165, 1.54) is 13.0 Å². The summed E-state index contributed by atoms with van der Waals surface area (Å²) in [6.07, 6.45) is -5.80. The lowest BCUT2D eigenvalue weighted by Gasteiger charge is -2.32. The fourth-order valence-electron chi connectivity index (χ4n) is 3.16. The molecule has 0 bridgehead atoms. The maximum absolute atomic E-state index is 13.4. The number of aryl methyl sites for hydroxylation is 1. The molecule has 4 rings (SSSR count). The van der Waals surface area contributed by atoms with Crippen LogP contribution in [0.5, 0.6) is 0 Å². The minimum absolute atomic E-state index is 0.0286. The zero-order valence-corrected chi connectivity index (χ0v) is 15.7. The van der Waals surface area contributed by atoms with Crippen LogP contribution in [-0.2, 0) is 0 Å². The van der Waals surface area contributed by atoms with Crippen LogP contribution in [0.2, 0.25) is 0 Å². The molecule has 1 aromatic carbocycles. The topological polar surface area (TPSA) is 70.7 Å². The lowest BCUT2D eigenvalue weighted by atomic mass is 10.1. The Labute approximate surface area is 161 Å². The van der Waals surface area contributed by atoms with Gasteiger partial charge in [-0.2, -0.15) is 28.4 Å². The first-order chi connectivity index (χ1) is 13.1. The number of thiophene rings is 1. The highest BCUT2D eigenvalue weighted by Gasteiger charge is 2.62. The van der Waals surface area contributed by atoms with E-state index in [1.807, 2.05) is 30.3 Å². The number of amides is 1. The van der Waals surface area contributed by atoms with Crippen molar-refractivity contribution in [3.8, 4) is 5.69 Å². The monoisotopic (exact) mass is 408 g/mol. The number of aliphatic hydroxyl groups is 1. The molecule has 0 spiro atoms. The molecule has 10 heteroatoms. The second-order valence-corrected chi connectivity index (χ2v) is 7.64. The standard InChI is InChI=1S/C18H15F3N4O2S/c1-10-9-17(27,18(19,20)21)25(22-10)15(26)14-8-13-11(2)23-24(16(13)28-14)12-6-4-3-5-7-12/h3-8,27H,9H2,1-2H3/t17-/m1/s1. The highest BCUT2D eigenvalue weighted by molar-refractivity contribution is 7.20. The number of aromatic nitrogens is 2. The number of hydrazone groups is 1. The molecule has 3 heterocycles. The smallest absolute Gasteiger partial charge is 0.362 e. The van der Waals surface area contributed by atoms with Crippen LogP contribution in [0.1, 0.15) is 28.7 Å². The molecule has 1 aliphatic rings. The third-order valence-corrected chi connectivity index (χ3v) is 5.62. The SMILES string of the molecule is CC1=NN(C(=O)c2cc3c(C)nn(-c4ccccc4)c3s2)[C@](O)(C(F)(F)F)C1. The summed E-state index contributed by atoms with van der Waals surface area (Å²) in [5.41, 5.74) is -1.91. The van der Waals surface area contributed by atoms with Crippen molar-refractivity contribution in [2.24, 2.45) is 5.10 Å². The van der Waals surface area contributed by atoms with Gasteiger partial charge in [0.15, 0.2) is 0 Å². The average Bonchev–Trinajstić information content (AvgIpc) is 3.28. The molecule has 6 nitrogen and oxygen atoms in total. The van der Waals surface area contributed by atoms with E-state index >= 15 is 0 Å². The quantitative estimate of drug-likeness (QED) is 0.700. The van der Waals surface area contributed by atoms with Gasteiger partial charge in [-0.1, -0.05) is 18.2 Å². The molecular formula is C18H15F3N4O2S. The average molecular weight is 408 g/mol. The molecule has 1 amide bonds. The Morgan fingerprint density at radius 1 is 1.25 bits per heavy atom. The fraction of sp³-hybridized carbons (Fsp3) is 0.278. The lowest BCUT2D eigenvalue weighted by Crippen LogP contribution is -2.56. The van der Waals surface area contributed by atoms with Gasteiger partial charge in [-0.25, -0.2) is 4.68 Å². The van der Waals surface area contributed by atoms with Crippen molar-refractivity contribution < 1.29 is 23.1 Å². The van der Waals surface area contributed by atoms with Crippen LogP contribution < -0.4 is 0 Å². The summed E-state index contributed by atoms with van der Waals surface area (Å²) < 4.78 is 41.9. The molecule has 28 heavy (non-hydrogen) atoms. The van der Waals surface area contributed by atoms with Crippen molar-refractivity contribution in [2.75, 3.05) is 0 Å². The van der Waals surface area contributed by atoms with Gasteiger partial charge in [-0.3, -0.25) is 4.79 Å². The van der Waals surface area contributed by atoms with Crippen LogP contribution in [-0.4, -0.2) is 43.4 Å². The van der Waals surface area contributed by atoms with Crippen LogP contribution in [0, 0.1) is 6.92 Å². The Morgan fingerprint density at radius 3 is 2.57 bits per heavy atom. The van der Waals surface area contributed by atoms with Crippen LogP contribution in [0.15, 0.2) is 41.5 Å².